The first-order chi connectivity index (χ1) is 8.25. The van der Waals surface area contributed by atoms with Gasteiger partial charge in [0.15, 0.2) is 0 Å². The summed E-state index contributed by atoms with van der Waals surface area (Å²) in [4.78, 5) is 4.08. The van der Waals surface area contributed by atoms with Crippen molar-refractivity contribution in [2.45, 2.75) is 6.92 Å². The first-order valence-electron chi connectivity index (χ1n) is 5.40. The zero-order chi connectivity index (χ0) is 11.8. The molecule has 0 amide bonds. The van der Waals surface area contributed by atoms with Crippen LogP contribution in [0.15, 0.2) is 42.9 Å². The van der Waals surface area contributed by atoms with Crippen molar-refractivity contribution in [2.24, 2.45) is 0 Å². The number of nitrogens with two attached hydrogens (primary N) is 1. The molecular weight excluding hydrogens is 212 g/mol. The fourth-order valence-electron chi connectivity index (χ4n) is 1.93. The highest BCUT2D eigenvalue weighted by molar-refractivity contribution is 5.96. The molecule has 2 heterocycles. The molecule has 0 aliphatic heterocycles. The zero-order valence-electron chi connectivity index (χ0n) is 9.46. The van der Waals surface area contributed by atoms with Gasteiger partial charge in [-0.3, -0.25) is 4.98 Å². The number of aromatic nitrogens is 3. The van der Waals surface area contributed by atoms with Gasteiger partial charge < -0.3 is 5.73 Å². The zero-order valence-corrected chi connectivity index (χ0v) is 9.46. The number of anilines is 1. The predicted octanol–water partition coefficient (Wildman–Crippen LogP) is 2.31. The van der Waals surface area contributed by atoms with Crippen molar-refractivity contribution in [2.75, 3.05) is 5.73 Å². The fraction of sp³-hybridized carbons (Fsp3) is 0.0769. The minimum absolute atomic E-state index is 0.730. The Bertz CT molecular complexity index is 685. The molecule has 3 rings (SSSR count). The van der Waals surface area contributed by atoms with Crippen LogP contribution in [0.5, 0.6) is 0 Å². The minimum Gasteiger partial charge on any atom is -0.396 e. The quantitative estimate of drug-likeness (QED) is 0.645. The maximum atomic E-state index is 6.17. The lowest BCUT2D eigenvalue weighted by Crippen LogP contribution is -2.01. The van der Waals surface area contributed by atoms with Crippen LogP contribution in [-0.4, -0.2) is 14.8 Å². The third kappa shape index (κ3) is 1.54. The molecule has 2 N–H and O–H groups in total. The largest absolute Gasteiger partial charge is 0.396 e. The lowest BCUT2D eigenvalue weighted by Gasteiger charge is -2.08. The van der Waals surface area contributed by atoms with Crippen LogP contribution in [0, 0.1) is 6.92 Å². The summed E-state index contributed by atoms with van der Waals surface area (Å²) in [7, 11) is 0. The highest BCUT2D eigenvalue weighted by Crippen LogP contribution is 2.26. The number of pyridine rings is 1. The highest BCUT2D eigenvalue weighted by atomic mass is 15.3. The molecule has 0 aliphatic rings. The van der Waals surface area contributed by atoms with E-state index in [1.54, 1.807) is 10.9 Å². The van der Waals surface area contributed by atoms with E-state index < -0.39 is 0 Å². The third-order valence-corrected chi connectivity index (χ3v) is 2.81. The van der Waals surface area contributed by atoms with Crippen LogP contribution < -0.4 is 5.73 Å². The second kappa shape index (κ2) is 3.59. The summed E-state index contributed by atoms with van der Waals surface area (Å²) >= 11 is 0. The first-order valence-corrected chi connectivity index (χ1v) is 5.40. The third-order valence-electron chi connectivity index (χ3n) is 2.81. The van der Waals surface area contributed by atoms with Crippen LogP contribution in [0.1, 0.15) is 5.69 Å². The lowest BCUT2D eigenvalue weighted by molar-refractivity contribution is 0.866. The molecule has 0 atom stereocenters. The fourth-order valence-corrected chi connectivity index (χ4v) is 1.93. The summed E-state index contributed by atoms with van der Waals surface area (Å²) in [5, 5.41) is 6.41. The summed E-state index contributed by atoms with van der Waals surface area (Å²) in [6.45, 7) is 1.96. The second-order valence-electron chi connectivity index (χ2n) is 4.00. The summed E-state index contributed by atoms with van der Waals surface area (Å²) in [5.74, 6) is 0. The van der Waals surface area contributed by atoms with Crippen molar-refractivity contribution >= 4 is 16.5 Å². The van der Waals surface area contributed by atoms with Gasteiger partial charge in [0.1, 0.15) is 0 Å². The van der Waals surface area contributed by atoms with Crippen LogP contribution in [0.4, 0.5) is 5.69 Å². The van der Waals surface area contributed by atoms with Crippen LogP contribution in [0.3, 0.4) is 0 Å². The summed E-state index contributed by atoms with van der Waals surface area (Å²) in [5.41, 5.74) is 8.77. The molecule has 84 valence electrons. The second-order valence-corrected chi connectivity index (χ2v) is 4.00. The van der Waals surface area contributed by atoms with E-state index in [9.17, 15) is 0 Å². The van der Waals surface area contributed by atoms with Crippen LogP contribution in [-0.2, 0) is 0 Å². The smallest absolute Gasteiger partial charge is 0.0881 e. The van der Waals surface area contributed by atoms with Gasteiger partial charge in [-0.1, -0.05) is 6.07 Å². The molecule has 0 unspecified atom stereocenters. The summed E-state index contributed by atoms with van der Waals surface area (Å²) in [6.07, 6.45) is 5.47. The topological polar surface area (TPSA) is 56.7 Å². The van der Waals surface area contributed by atoms with Gasteiger partial charge in [0.25, 0.3) is 0 Å². The monoisotopic (exact) mass is 224 g/mol. The van der Waals surface area contributed by atoms with E-state index in [4.69, 9.17) is 5.73 Å². The first kappa shape index (κ1) is 9.84. The number of aryl methyl sites for hydroxylation is 1. The molecule has 0 bridgehead atoms. The molecule has 4 heteroatoms. The molecule has 0 aliphatic carbocycles. The van der Waals surface area contributed by atoms with Gasteiger partial charge in [-0.2, -0.15) is 5.10 Å². The van der Waals surface area contributed by atoms with E-state index in [0.29, 0.717) is 0 Å². The normalized spacial score (nSPS) is 10.9. The molecule has 0 spiro atoms. The molecule has 1 aromatic carbocycles. The molecule has 4 nitrogen and oxygen atoms in total. The van der Waals surface area contributed by atoms with Crippen LogP contribution in [0.25, 0.3) is 16.5 Å². The van der Waals surface area contributed by atoms with Gasteiger partial charge in [0, 0.05) is 29.4 Å². The molecule has 2 aromatic heterocycles. The Morgan fingerprint density at radius 3 is 2.82 bits per heavy atom. The van der Waals surface area contributed by atoms with E-state index >= 15 is 0 Å². The minimum atomic E-state index is 0.730. The molecule has 0 fully saturated rings. The van der Waals surface area contributed by atoms with Gasteiger partial charge in [-0.05, 0) is 25.1 Å². The Morgan fingerprint density at radius 2 is 2.06 bits per heavy atom. The Kier molecular flexibility index (Phi) is 2.08. The van der Waals surface area contributed by atoms with Gasteiger partial charge in [-0.25, -0.2) is 4.68 Å². The van der Waals surface area contributed by atoms with Crippen molar-refractivity contribution in [3.8, 4) is 5.69 Å². The van der Waals surface area contributed by atoms with E-state index in [-0.39, 0.29) is 0 Å². The molecular formula is C13H12N4. The van der Waals surface area contributed by atoms with Gasteiger partial charge in [-0.15, -0.1) is 0 Å². The number of nitrogens with zero attached hydrogens (tertiary/aromatic N) is 3. The number of hydrogen-bond donors (Lipinski definition) is 1. The SMILES string of the molecule is Cc1ccn(-c2ccc3cnccc3c2N)n1. The summed E-state index contributed by atoms with van der Waals surface area (Å²) in [6, 6.07) is 7.84. The van der Waals surface area contributed by atoms with Crippen molar-refractivity contribution in [1.29, 1.82) is 0 Å². The average molecular weight is 224 g/mol. The average Bonchev–Trinajstić information content (AvgIpc) is 2.77. The van der Waals surface area contributed by atoms with Crippen LogP contribution in [0.2, 0.25) is 0 Å². The molecule has 3 aromatic rings. The van der Waals surface area contributed by atoms with E-state index in [1.807, 2.05) is 43.6 Å². The van der Waals surface area contributed by atoms with Gasteiger partial charge in [0.2, 0.25) is 0 Å². The van der Waals surface area contributed by atoms with Crippen molar-refractivity contribution in [3.05, 3.63) is 48.5 Å². The molecule has 17 heavy (non-hydrogen) atoms. The van der Waals surface area contributed by atoms with Crippen molar-refractivity contribution in [3.63, 3.8) is 0 Å². The molecule has 0 saturated carbocycles. The summed E-state index contributed by atoms with van der Waals surface area (Å²) < 4.78 is 1.80. The number of nitrogen functional groups attached to an aromatic ring is 1. The standard InChI is InChI=1S/C13H12N4/c1-9-5-7-17(16-9)12-3-2-10-8-15-6-4-11(10)13(12)14/h2-8H,14H2,1H3. The molecule has 0 radical (unpaired) electrons. The van der Waals surface area contributed by atoms with E-state index in [1.165, 1.54) is 0 Å². The Hall–Kier alpha value is -2.36. The number of hydrogen-bond acceptors (Lipinski definition) is 3. The lowest BCUT2D eigenvalue weighted by atomic mass is 10.1. The van der Waals surface area contributed by atoms with E-state index in [0.717, 1.165) is 27.8 Å². The predicted molar refractivity (Wildman–Crippen MR) is 68.0 cm³/mol. The van der Waals surface area contributed by atoms with Crippen LogP contribution >= 0.6 is 0 Å². The van der Waals surface area contributed by atoms with E-state index in [2.05, 4.69) is 10.1 Å². The maximum Gasteiger partial charge on any atom is 0.0881 e. The maximum absolute atomic E-state index is 6.17. The number of fused-ring (bicyclic) bond motifs is 1. The molecule has 0 saturated heterocycles. The highest BCUT2D eigenvalue weighted by Gasteiger charge is 2.06. The number of benzene rings is 1. The van der Waals surface area contributed by atoms with Crippen molar-refractivity contribution < 1.29 is 0 Å². The Morgan fingerprint density at radius 1 is 1.18 bits per heavy atom. The van der Waals surface area contributed by atoms with Crippen molar-refractivity contribution in [1.82, 2.24) is 14.8 Å². The Balaban J connectivity index is 2.28. The van der Waals surface area contributed by atoms with Gasteiger partial charge in [0.05, 0.1) is 17.1 Å². The number of rotatable bonds is 1. The Labute approximate surface area is 98.7 Å². The van der Waals surface area contributed by atoms with Gasteiger partial charge >= 0.3 is 0 Å².